The molecular weight excluding hydrogens is 376 g/mol. The first-order valence-electron chi connectivity index (χ1n) is 10.6. The lowest BCUT2D eigenvalue weighted by Gasteiger charge is -2.40. The van der Waals surface area contributed by atoms with Gasteiger partial charge in [-0.25, -0.2) is 0 Å². The zero-order valence-electron chi connectivity index (χ0n) is 17.8. The first-order chi connectivity index (χ1) is 14.5. The molecule has 4 rings (SSSR count). The van der Waals surface area contributed by atoms with Crippen LogP contribution in [0, 0.1) is 31.1 Å². The van der Waals surface area contributed by atoms with Crippen molar-refractivity contribution >= 4 is 0 Å². The number of rotatable bonds is 6. The van der Waals surface area contributed by atoms with E-state index in [0.717, 1.165) is 55.7 Å². The molecule has 1 aromatic heterocycles. The molecule has 2 aromatic rings. The van der Waals surface area contributed by atoms with Crippen molar-refractivity contribution in [2.45, 2.75) is 38.3 Å². The fraction of sp³-hybridized carbons (Fsp3) is 0.480. The number of ether oxygens (including phenoxy) is 2. The number of hydrogen-bond donors (Lipinski definition) is 1. The van der Waals surface area contributed by atoms with Crippen molar-refractivity contribution in [2.24, 2.45) is 11.8 Å². The van der Waals surface area contributed by atoms with Crippen LogP contribution in [0.1, 0.15) is 36.1 Å². The predicted octanol–water partition coefficient (Wildman–Crippen LogP) is 3.53. The van der Waals surface area contributed by atoms with Crippen LogP contribution in [-0.4, -0.2) is 41.8 Å². The summed E-state index contributed by atoms with van der Waals surface area (Å²) >= 11 is 0. The Hall–Kier alpha value is -2.55. The number of aliphatic hydroxyl groups is 1. The highest BCUT2D eigenvalue weighted by molar-refractivity contribution is 5.43. The Balaban J connectivity index is 1.49. The molecule has 2 heterocycles. The smallest absolute Gasteiger partial charge is 0.162 e. The van der Waals surface area contributed by atoms with E-state index < -0.39 is 5.60 Å². The monoisotopic (exact) mass is 406 g/mol. The molecule has 0 radical (unpaired) electrons. The maximum absolute atomic E-state index is 11.6. The molecule has 1 saturated heterocycles. The topological polar surface area (TPSA) is 54.8 Å². The first kappa shape index (κ1) is 20.7. The molecule has 0 spiro atoms. The van der Waals surface area contributed by atoms with E-state index in [-0.39, 0.29) is 12.5 Å². The zero-order chi connectivity index (χ0) is 21.1. The predicted molar refractivity (Wildman–Crippen MR) is 116 cm³/mol. The van der Waals surface area contributed by atoms with Crippen LogP contribution < -0.4 is 9.47 Å². The summed E-state index contributed by atoms with van der Waals surface area (Å²) in [7, 11) is 1.64. The molecule has 30 heavy (non-hydrogen) atoms. The van der Waals surface area contributed by atoms with Gasteiger partial charge in [0.15, 0.2) is 11.5 Å². The minimum absolute atomic E-state index is 0.210. The van der Waals surface area contributed by atoms with Crippen LogP contribution in [-0.2, 0) is 12.1 Å². The Labute approximate surface area is 179 Å². The van der Waals surface area contributed by atoms with Gasteiger partial charge in [-0.2, -0.15) is 0 Å². The molecule has 0 amide bonds. The van der Waals surface area contributed by atoms with Gasteiger partial charge in [0.1, 0.15) is 12.2 Å². The van der Waals surface area contributed by atoms with Crippen LogP contribution >= 0.6 is 0 Å². The van der Waals surface area contributed by atoms with Gasteiger partial charge in [0, 0.05) is 31.7 Å². The number of benzene rings is 1. The minimum Gasteiger partial charge on any atom is -0.493 e. The number of methoxy groups -OCH3 is 1. The third-order valence-electron chi connectivity index (χ3n) is 6.56. The molecule has 2 fully saturated rings. The Morgan fingerprint density at radius 1 is 1.27 bits per heavy atom. The number of terminal acetylenes is 1. The number of pyridine rings is 1. The average Bonchev–Trinajstić information content (AvgIpc) is 3.17. The van der Waals surface area contributed by atoms with Crippen molar-refractivity contribution in [3.05, 3.63) is 53.3 Å². The number of likely N-dealkylation sites (tertiary alicyclic amines) is 1. The van der Waals surface area contributed by atoms with E-state index in [0.29, 0.717) is 17.4 Å². The van der Waals surface area contributed by atoms with Gasteiger partial charge < -0.3 is 14.6 Å². The van der Waals surface area contributed by atoms with Crippen molar-refractivity contribution in [1.29, 1.82) is 0 Å². The summed E-state index contributed by atoms with van der Waals surface area (Å²) < 4.78 is 11.0. The second-order valence-electron chi connectivity index (χ2n) is 8.58. The molecule has 0 unspecified atom stereocenters. The molecule has 1 aromatic carbocycles. The highest BCUT2D eigenvalue weighted by Crippen LogP contribution is 2.48. The molecule has 2 aliphatic rings. The number of hydrogen-bond acceptors (Lipinski definition) is 5. The Kier molecular flexibility index (Phi) is 5.99. The molecule has 3 atom stereocenters. The summed E-state index contributed by atoms with van der Waals surface area (Å²) in [6, 6.07) is 10.0. The summed E-state index contributed by atoms with van der Waals surface area (Å²) in [5.41, 5.74) is 2.26. The average molecular weight is 407 g/mol. The van der Waals surface area contributed by atoms with Crippen LogP contribution in [0.4, 0.5) is 0 Å². The van der Waals surface area contributed by atoms with Crippen molar-refractivity contribution in [3.8, 4) is 23.8 Å². The highest BCUT2D eigenvalue weighted by atomic mass is 16.5. The van der Waals surface area contributed by atoms with Gasteiger partial charge in [0.05, 0.1) is 12.8 Å². The fourth-order valence-corrected chi connectivity index (χ4v) is 5.09. The lowest BCUT2D eigenvalue weighted by molar-refractivity contribution is -0.0682. The summed E-state index contributed by atoms with van der Waals surface area (Å²) in [4.78, 5) is 7.03. The Morgan fingerprint density at radius 2 is 2.13 bits per heavy atom. The van der Waals surface area contributed by atoms with Crippen molar-refractivity contribution in [1.82, 2.24) is 9.88 Å². The molecule has 5 nitrogen and oxygen atoms in total. The summed E-state index contributed by atoms with van der Waals surface area (Å²) in [5, 5.41) is 11.6. The Bertz CT molecular complexity index is 921. The van der Waals surface area contributed by atoms with E-state index in [1.54, 1.807) is 7.11 Å². The molecule has 1 aliphatic heterocycles. The lowest BCUT2D eigenvalue weighted by atomic mass is 9.69. The second-order valence-corrected chi connectivity index (χ2v) is 8.58. The largest absolute Gasteiger partial charge is 0.493 e. The van der Waals surface area contributed by atoms with E-state index in [9.17, 15) is 5.11 Å². The van der Waals surface area contributed by atoms with Gasteiger partial charge in [-0.1, -0.05) is 18.1 Å². The third-order valence-corrected chi connectivity index (χ3v) is 6.56. The molecule has 1 aliphatic carbocycles. The minimum atomic E-state index is -0.837. The molecule has 158 valence electrons. The van der Waals surface area contributed by atoms with Crippen LogP contribution in [0.15, 0.2) is 36.5 Å². The normalized spacial score (nSPS) is 26.1. The van der Waals surface area contributed by atoms with E-state index in [1.165, 1.54) is 0 Å². The number of fused-ring (bicyclic) bond motifs is 1. The molecular formula is C25H30N2O3. The van der Waals surface area contributed by atoms with E-state index in [1.807, 2.05) is 37.4 Å². The van der Waals surface area contributed by atoms with E-state index >= 15 is 0 Å². The SMILES string of the molecule is C#CCOc1ccc(CN2C[C@@H]3CCC[C@@](O)(c4ccc(C)cn4)[C@@H]3C2)cc1OC. The second kappa shape index (κ2) is 8.67. The van der Waals surface area contributed by atoms with E-state index in [4.69, 9.17) is 15.9 Å². The number of aryl methyl sites for hydroxylation is 1. The summed E-state index contributed by atoms with van der Waals surface area (Å²) in [5.74, 6) is 4.54. The van der Waals surface area contributed by atoms with Gasteiger partial charge in [-0.3, -0.25) is 9.88 Å². The zero-order valence-corrected chi connectivity index (χ0v) is 17.8. The quantitative estimate of drug-likeness (QED) is 0.744. The fourth-order valence-electron chi connectivity index (χ4n) is 5.09. The van der Waals surface area contributed by atoms with Crippen LogP contribution in [0.3, 0.4) is 0 Å². The van der Waals surface area contributed by atoms with Crippen molar-refractivity contribution < 1.29 is 14.6 Å². The highest BCUT2D eigenvalue weighted by Gasteiger charge is 2.50. The van der Waals surface area contributed by atoms with Crippen LogP contribution in [0.2, 0.25) is 0 Å². The summed E-state index contributed by atoms with van der Waals surface area (Å²) in [6.45, 7) is 4.93. The first-order valence-corrected chi connectivity index (χ1v) is 10.6. The van der Waals surface area contributed by atoms with E-state index in [2.05, 4.69) is 21.9 Å². The van der Waals surface area contributed by atoms with Crippen molar-refractivity contribution in [3.63, 3.8) is 0 Å². The molecule has 1 N–H and O–H groups in total. The van der Waals surface area contributed by atoms with Crippen molar-refractivity contribution in [2.75, 3.05) is 26.8 Å². The van der Waals surface area contributed by atoms with Gasteiger partial charge in [-0.15, -0.1) is 6.42 Å². The van der Waals surface area contributed by atoms with Gasteiger partial charge >= 0.3 is 0 Å². The van der Waals surface area contributed by atoms with Gasteiger partial charge in [-0.05, 0) is 61.4 Å². The van der Waals surface area contributed by atoms with Gasteiger partial charge in [0.2, 0.25) is 0 Å². The number of nitrogens with zero attached hydrogens (tertiary/aromatic N) is 2. The van der Waals surface area contributed by atoms with Gasteiger partial charge in [0.25, 0.3) is 0 Å². The maximum Gasteiger partial charge on any atom is 0.162 e. The Morgan fingerprint density at radius 3 is 2.87 bits per heavy atom. The van der Waals surface area contributed by atoms with Crippen LogP contribution in [0.5, 0.6) is 11.5 Å². The lowest BCUT2D eigenvalue weighted by Crippen LogP contribution is -2.43. The standard InChI is InChI=1S/C25H30N2O3/c1-4-12-30-22-9-8-19(13-23(22)29-3)15-27-16-20-6-5-11-25(28,21(20)17-27)24-10-7-18(2)14-26-24/h1,7-10,13-14,20-21,28H,5-6,11-12,15-17H2,2-3H3/t20-,21+,25-/m0/s1. The molecule has 1 saturated carbocycles. The van der Waals surface area contributed by atoms with Crippen LogP contribution in [0.25, 0.3) is 0 Å². The third kappa shape index (κ3) is 4.03. The maximum atomic E-state index is 11.6. The number of aromatic nitrogens is 1. The molecule has 5 heteroatoms. The summed E-state index contributed by atoms with van der Waals surface area (Å²) in [6.07, 6.45) is 10.1. The molecule has 0 bridgehead atoms.